The van der Waals surface area contributed by atoms with Gasteiger partial charge in [0.2, 0.25) is 17.8 Å². The number of halogens is 4. The van der Waals surface area contributed by atoms with Gasteiger partial charge in [0.15, 0.2) is 5.82 Å². The second kappa shape index (κ2) is 11.9. The van der Waals surface area contributed by atoms with Gasteiger partial charge in [0.25, 0.3) is 0 Å². The Morgan fingerprint density at radius 1 is 1.14 bits per heavy atom. The molecule has 1 aliphatic heterocycles. The largest absolute Gasteiger partial charge is 0.490 e. The van der Waals surface area contributed by atoms with Crippen LogP contribution in [0.2, 0.25) is 5.02 Å². The highest BCUT2D eigenvalue weighted by atomic mass is 35.5. The van der Waals surface area contributed by atoms with Crippen molar-refractivity contribution in [3.05, 3.63) is 47.4 Å². The van der Waals surface area contributed by atoms with Crippen LogP contribution in [0, 0.1) is 0 Å². The van der Waals surface area contributed by atoms with E-state index in [0.717, 1.165) is 18.7 Å². The number of carboxylic acids is 1. The van der Waals surface area contributed by atoms with Crippen LogP contribution in [0.3, 0.4) is 0 Å². The number of alkyl halides is 3. The van der Waals surface area contributed by atoms with E-state index >= 15 is 0 Å². The van der Waals surface area contributed by atoms with Crippen LogP contribution in [-0.4, -0.2) is 68.1 Å². The van der Waals surface area contributed by atoms with Gasteiger partial charge in [0, 0.05) is 31.4 Å². The predicted octanol–water partition coefficient (Wildman–Crippen LogP) is 3.65. The van der Waals surface area contributed by atoms with Crippen LogP contribution < -0.4 is 15.5 Å². The molecule has 0 bridgehead atoms. The summed E-state index contributed by atoms with van der Waals surface area (Å²) >= 11 is 6.00. The number of imidazole rings is 1. The SMILES string of the molecule is C[C@H](Nc1nc(Nc2cn(C)cn2)nc(N2CCOCC2)n1)c1ccc(Cl)cc1.O=C(O)C(F)(F)F. The van der Waals surface area contributed by atoms with Gasteiger partial charge in [-0.15, -0.1) is 0 Å². The van der Waals surface area contributed by atoms with Crippen LogP contribution in [0.25, 0.3) is 0 Å². The number of anilines is 4. The molecule has 2 aromatic heterocycles. The topological polar surface area (TPSA) is 130 Å². The van der Waals surface area contributed by atoms with Gasteiger partial charge < -0.3 is 29.9 Å². The lowest BCUT2D eigenvalue weighted by atomic mass is 10.1. The minimum atomic E-state index is -5.08. The zero-order valence-electron chi connectivity index (χ0n) is 19.3. The van der Waals surface area contributed by atoms with Gasteiger partial charge in [-0.1, -0.05) is 23.7 Å². The molecule has 194 valence electrons. The summed E-state index contributed by atoms with van der Waals surface area (Å²) in [7, 11) is 1.91. The first-order valence-electron chi connectivity index (χ1n) is 10.7. The number of rotatable bonds is 6. The average molecular weight is 529 g/mol. The smallest absolute Gasteiger partial charge is 0.475 e. The lowest BCUT2D eigenvalue weighted by Gasteiger charge is -2.27. The molecule has 3 aromatic rings. The van der Waals surface area contributed by atoms with Crippen molar-refractivity contribution in [1.29, 1.82) is 0 Å². The highest BCUT2D eigenvalue weighted by Gasteiger charge is 2.38. The number of carbonyl (C=O) groups is 1. The van der Waals surface area contributed by atoms with Crippen LogP contribution >= 0.6 is 11.6 Å². The molecular formula is C21H24ClF3N8O3. The van der Waals surface area contributed by atoms with E-state index in [1.165, 1.54) is 0 Å². The highest BCUT2D eigenvalue weighted by Crippen LogP contribution is 2.22. The maximum atomic E-state index is 10.6. The second-order valence-corrected chi connectivity index (χ2v) is 8.09. The number of aryl methyl sites for hydroxylation is 1. The van der Waals surface area contributed by atoms with Gasteiger partial charge in [0.1, 0.15) is 0 Å². The van der Waals surface area contributed by atoms with Crippen molar-refractivity contribution >= 4 is 41.2 Å². The van der Waals surface area contributed by atoms with Crippen molar-refractivity contribution in [2.75, 3.05) is 41.8 Å². The first-order valence-corrected chi connectivity index (χ1v) is 11.0. The molecule has 0 amide bonds. The first kappa shape index (κ1) is 26.9. The van der Waals surface area contributed by atoms with Crippen LogP contribution in [0.5, 0.6) is 0 Å². The van der Waals surface area contributed by atoms with Crippen molar-refractivity contribution in [2.24, 2.45) is 7.05 Å². The number of hydrogen-bond donors (Lipinski definition) is 3. The monoisotopic (exact) mass is 528 g/mol. The zero-order valence-corrected chi connectivity index (χ0v) is 20.1. The molecule has 1 aromatic carbocycles. The number of hydrogen-bond acceptors (Lipinski definition) is 9. The van der Waals surface area contributed by atoms with Crippen molar-refractivity contribution in [1.82, 2.24) is 24.5 Å². The summed E-state index contributed by atoms with van der Waals surface area (Å²) in [5, 5.41) is 14.3. The molecule has 0 spiro atoms. The summed E-state index contributed by atoms with van der Waals surface area (Å²) in [6, 6.07) is 7.70. The van der Waals surface area contributed by atoms with Crippen LogP contribution in [0.15, 0.2) is 36.8 Å². The molecule has 4 rings (SSSR count). The number of aliphatic carboxylic acids is 1. The number of nitrogens with one attached hydrogen (secondary N) is 2. The van der Waals surface area contributed by atoms with E-state index in [0.29, 0.717) is 41.9 Å². The molecule has 1 aliphatic rings. The maximum Gasteiger partial charge on any atom is 0.490 e. The number of aromatic nitrogens is 5. The third-order valence-electron chi connectivity index (χ3n) is 4.82. The summed E-state index contributed by atoms with van der Waals surface area (Å²) in [4.78, 5) is 29.0. The Bertz CT molecular complexity index is 1150. The first-order chi connectivity index (χ1) is 17.0. The Labute approximate surface area is 209 Å². The third-order valence-corrected chi connectivity index (χ3v) is 5.07. The van der Waals surface area contributed by atoms with Crippen LogP contribution in [0.1, 0.15) is 18.5 Å². The number of ether oxygens (including phenoxy) is 1. The van der Waals surface area contributed by atoms with E-state index < -0.39 is 12.1 Å². The number of morpholine rings is 1. The Morgan fingerprint density at radius 2 is 1.75 bits per heavy atom. The van der Waals surface area contributed by atoms with E-state index in [1.807, 2.05) is 49.0 Å². The van der Waals surface area contributed by atoms with E-state index in [-0.39, 0.29) is 6.04 Å². The molecule has 0 aliphatic carbocycles. The van der Waals surface area contributed by atoms with Crippen molar-refractivity contribution < 1.29 is 27.8 Å². The average Bonchev–Trinajstić information content (AvgIpc) is 3.24. The van der Waals surface area contributed by atoms with Gasteiger partial charge in [-0.05, 0) is 24.6 Å². The summed E-state index contributed by atoms with van der Waals surface area (Å²) in [6.45, 7) is 4.82. The van der Waals surface area contributed by atoms with E-state index in [9.17, 15) is 13.2 Å². The van der Waals surface area contributed by atoms with Gasteiger partial charge in [0.05, 0.1) is 25.6 Å². The fourth-order valence-corrected chi connectivity index (χ4v) is 3.14. The minimum absolute atomic E-state index is 0.00472. The molecule has 0 unspecified atom stereocenters. The van der Waals surface area contributed by atoms with Crippen molar-refractivity contribution in [3.8, 4) is 0 Å². The molecule has 11 nitrogen and oxygen atoms in total. The summed E-state index contributed by atoms with van der Waals surface area (Å²) in [5.74, 6) is -0.559. The Hall–Kier alpha value is -3.65. The van der Waals surface area contributed by atoms with Crippen LogP contribution in [0.4, 0.5) is 36.8 Å². The molecule has 0 saturated carbocycles. The fourth-order valence-electron chi connectivity index (χ4n) is 3.01. The second-order valence-electron chi connectivity index (χ2n) is 7.65. The fraction of sp³-hybridized carbons (Fsp3) is 0.381. The van der Waals surface area contributed by atoms with E-state index in [2.05, 4.69) is 35.5 Å². The molecule has 15 heteroatoms. The molecular weight excluding hydrogens is 505 g/mol. The summed E-state index contributed by atoms with van der Waals surface area (Å²) < 4.78 is 39.0. The van der Waals surface area contributed by atoms with Gasteiger partial charge >= 0.3 is 12.1 Å². The summed E-state index contributed by atoms with van der Waals surface area (Å²) in [6.07, 6.45) is -1.50. The quantitative estimate of drug-likeness (QED) is 0.436. The standard InChI is InChI=1S/C19H23ClN8O.C2HF3O2/c1-13(14-3-5-15(20)6-4-14)22-17-24-18(23-16-11-27(2)12-21-16)26-19(25-17)28-7-9-29-10-8-28;3-2(4,5)1(6)7/h3-6,11-13H,7-10H2,1-2H3,(H2,22,23,24,25,26);(H,6,7)/t13-;/m0./s1. The normalized spacial score (nSPS) is 14.4. The van der Waals surface area contributed by atoms with Crippen molar-refractivity contribution in [2.45, 2.75) is 19.1 Å². The number of carboxylic acid groups (broad SMARTS) is 1. The lowest BCUT2D eigenvalue weighted by Crippen LogP contribution is -2.37. The zero-order chi connectivity index (χ0) is 26.3. The van der Waals surface area contributed by atoms with Crippen LogP contribution in [-0.2, 0) is 16.6 Å². The third kappa shape index (κ3) is 7.95. The van der Waals surface area contributed by atoms with E-state index in [4.69, 9.17) is 26.2 Å². The minimum Gasteiger partial charge on any atom is -0.475 e. The molecule has 3 heterocycles. The predicted molar refractivity (Wildman–Crippen MR) is 127 cm³/mol. The Balaban J connectivity index is 0.000000454. The highest BCUT2D eigenvalue weighted by molar-refractivity contribution is 6.30. The van der Waals surface area contributed by atoms with Gasteiger partial charge in [-0.3, -0.25) is 0 Å². The lowest BCUT2D eigenvalue weighted by molar-refractivity contribution is -0.192. The molecule has 3 N–H and O–H groups in total. The number of benzene rings is 1. The van der Waals surface area contributed by atoms with Gasteiger partial charge in [-0.25, -0.2) is 9.78 Å². The Morgan fingerprint density at radius 3 is 2.31 bits per heavy atom. The molecule has 0 radical (unpaired) electrons. The molecule has 36 heavy (non-hydrogen) atoms. The molecule has 1 saturated heterocycles. The number of nitrogens with zero attached hydrogens (tertiary/aromatic N) is 6. The Kier molecular flexibility index (Phi) is 8.88. The van der Waals surface area contributed by atoms with Gasteiger partial charge in [-0.2, -0.15) is 28.1 Å². The molecule has 1 atom stereocenters. The molecule has 1 fully saturated rings. The van der Waals surface area contributed by atoms with Crippen molar-refractivity contribution in [3.63, 3.8) is 0 Å². The maximum absolute atomic E-state index is 10.6. The van der Waals surface area contributed by atoms with E-state index in [1.54, 1.807) is 6.33 Å². The summed E-state index contributed by atoms with van der Waals surface area (Å²) in [5.41, 5.74) is 1.09.